The second-order valence-electron chi connectivity index (χ2n) is 9.86. The summed E-state index contributed by atoms with van der Waals surface area (Å²) < 4.78 is 5.45. The number of hydrogen-bond acceptors (Lipinski definition) is 7. The zero-order chi connectivity index (χ0) is 24.2. The van der Waals surface area contributed by atoms with Crippen molar-refractivity contribution in [3.63, 3.8) is 0 Å². The van der Waals surface area contributed by atoms with Crippen LogP contribution in [0.4, 0.5) is 5.82 Å². The van der Waals surface area contributed by atoms with Crippen LogP contribution in [-0.2, 0) is 9.59 Å². The molecule has 1 aliphatic heterocycles. The molecule has 3 aromatic rings. The third kappa shape index (κ3) is 4.31. The lowest BCUT2D eigenvalue weighted by Crippen LogP contribution is -2.52. The number of rotatable bonds is 6. The van der Waals surface area contributed by atoms with E-state index in [1.807, 2.05) is 47.4 Å². The number of carbonyl (C=O) groups excluding carboxylic acids is 2. The molecule has 1 aromatic heterocycles. The Hall–Kier alpha value is -3.27. The molecule has 3 fully saturated rings. The summed E-state index contributed by atoms with van der Waals surface area (Å²) in [5.41, 5.74) is 2.15. The molecule has 182 valence electrons. The molecule has 2 amide bonds. The first kappa shape index (κ1) is 22.2. The van der Waals surface area contributed by atoms with E-state index in [1.165, 1.54) is 0 Å². The van der Waals surface area contributed by atoms with Crippen molar-refractivity contribution in [2.24, 2.45) is 5.92 Å². The molecule has 2 aromatic carbocycles. The van der Waals surface area contributed by atoms with E-state index >= 15 is 0 Å². The number of benzene rings is 2. The van der Waals surface area contributed by atoms with Gasteiger partial charge in [0.05, 0.1) is 5.39 Å². The van der Waals surface area contributed by atoms with Crippen molar-refractivity contribution in [3.8, 4) is 11.1 Å². The summed E-state index contributed by atoms with van der Waals surface area (Å²) in [6, 6.07) is 13.5. The Morgan fingerprint density at radius 2 is 1.71 bits per heavy atom. The lowest BCUT2D eigenvalue weighted by molar-refractivity contribution is -0.146. The zero-order valence-electron chi connectivity index (χ0n) is 19.3. The average molecular weight is 477 g/mol. The molecule has 3 aliphatic rings. The van der Waals surface area contributed by atoms with Crippen LogP contribution in [0.1, 0.15) is 37.5 Å². The van der Waals surface area contributed by atoms with Crippen LogP contribution in [0.2, 0.25) is 0 Å². The maximum atomic E-state index is 12.3. The van der Waals surface area contributed by atoms with Gasteiger partial charge in [-0.25, -0.2) is 0 Å². The monoisotopic (exact) mass is 476 g/mol. The quantitative estimate of drug-likeness (QED) is 0.500. The van der Waals surface area contributed by atoms with Crippen molar-refractivity contribution < 1.29 is 24.3 Å². The number of piperazine rings is 1. The fourth-order valence-electron chi connectivity index (χ4n) is 4.63. The highest BCUT2D eigenvalue weighted by atomic mass is 16.5. The smallest absolute Gasteiger partial charge is 0.254 e. The Morgan fingerprint density at radius 1 is 1.03 bits per heavy atom. The first-order valence-corrected chi connectivity index (χ1v) is 12.2. The third-order valence-electron chi connectivity index (χ3n) is 7.27. The van der Waals surface area contributed by atoms with Crippen LogP contribution < -0.4 is 5.32 Å². The van der Waals surface area contributed by atoms with E-state index in [4.69, 9.17) is 4.52 Å². The molecule has 0 radical (unpaired) electrons. The van der Waals surface area contributed by atoms with E-state index in [-0.39, 0.29) is 17.7 Å². The van der Waals surface area contributed by atoms with Gasteiger partial charge in [-0.2, -0.15) is 0 Å². The van der Waals surface area contributed by atoms with E-state index in [0.717, 1.165) is 34.9 Å². The van der Waals surface area contributed by atoms with Gasteiger partial charge in [-0.15, -0.1) is 0 Å². The topological polar surface area (TPSA) is 119 Å². The molecule has 3 N–H and O–H groups in total. The van der Waals surface area contributed by atoms with Crippen molar-refractivity contribution >= 4 is 28.6 Å². The number of fused-ring (bicyclic) bond motifs is 1. The average Bonchev–Trinajstić information content (AvgIpc) is 3.83. The van der Waals surface area contributed by atoms with Gasteiger partial charge in [0, 0.05) is 32.1 Å². The summed E-state index contributed by atoms with van der Waals surface area (Å²) in [5.74, 6) is 0.357. The highest BCUT2D eigenvalue weighted by Gasteiger charge is 2.50. The predicted octanol–water partition coefficient (Wildman–Crippen LogP) is 2.50. The maximum Gasteiger partial charge on any atom is 0.254 e. The Morgan fingerprint density at radius 3 is 2.37 bits per heavy atom. The van der Waals surface area contributed by atoms with Gasteiger partial charge in [-0.3, -0.25) is 14.5 Å². The SMILES string of the molecule is O=C(Nc1noc2cc(-c3ccc(C(O)N4CCN(C(=O)C5(O)CC5)CC4)cc3)ccc12)C1CC1. The van der Waals surface area contributed by atoms with E-state index in [0.29, 0.717) is 50.4 Å². The van der Waals surface area contributed by atoms with Crippen LogP contribution in [0.25, 0.3) is 22.1 Å². The molecule has 2 saturated carbocycles. The first-order chi connectivity index (χ1) is 16.9. The minimum Gasteiger partial charge on any atom is -0.380 e. The van der Waals surface area contributed by atoms with Crippen molar-refractivity contribution in [2.75, 3.05) is 31.5 Å². The van der Waals surface area contributed by atoms with Crippen molar-refractivity contribution in [1.29, 1.82) is 0 Å². The number of aliphatic hydroxyl groups excluding tert-OH is 1. The molecule has 0 spiro atoms. The first-order valence-electron chi connectivity index (χ1n) is 12.2. The molecular weight excluding hydrogens is 448 g/mol. The summed E-state index contributed by atoms with van der Waals surface area (Å²) >= 11 is 0. The molecule has 35 heavy (non-hydrogen) atoms. The summed E-state index contributed by atoms with van der Waals surface area (Å²) in [6.07, 6.45) is 2.18. The van der Waals surface area contributed by atoms with Gasteiger partial charge in [0.15, 0.2) is 11.4 Å². The molecule has 9 heteroatoms. The Balaban J connectivity index is 1.11. The Kier molecular flexibility index (Phi) is 5.36. The number of nitrogens with zero attached hydrogens (tertiary/aromatic N) is 3. The molecule has 2 aliphatic carbocycles. The van der Waals surface area contributed by atoms with Crippen molar-refractivity contribution in [2.45, 2.75) is 37.5 Å². The normalized spacial score (nSPS) is 20.6. The molecule has 1 unspecified atom stereocenters. The largest absolute Gasteiger partial charge is 0.380 e. The van der Waals surface area contributed by atoms with Gasteiger partial charge >= 0.3 is 0 Å². The lowest BCUT2D eigenvalue weighted by atomic mass is 10.0. The number of anilines is 1. The molecule has 0 bridgehead atoms. The summed E-state index contributed by atoms with van der Waals surface area (Å²) in [7, 11) is 0. The van der Waals surface area contributed by atoms with Gasteiger partial charge < -0.3 is 25.0 Å². The van der Waals surface area contributed by atoms with E-state index < -0.39 is 11.8 Å². The minimum absolute atomic E-state index is 0.00772. The number of aliphatic hydroxyl groups is 2. The molecule has 2 heterocycles. The van der Waals surface area contributed by atoms with Crippen molar-refractivity contribution in [1.82, 2.24) is 15.0 Å². The molecule has 9 nitrogen and oxygen atoms in total. The van der Waals surface area contributed by atoms with Gasteiger partial charge in [0.25, 0.3) is 5.91 Å². The van der Waals surface area contributed by atoms with Gasteiger partial charge in [0.2, 0.25) is 5.91 Å². The van der Waals surface area contributed by atoms with E-state index in [9.17, 15) is 19.8 Å². The predicted molar refractivity (Wildman–Crippen MR) is 128 cm³/mol. The maximum absolute atomic E-state index is 12.3. The zero-order valence-corrected chi connectivity index (χ0v) is 19.3. The standard InChI is InChI=1S/C26H28N4O5/c31-23(17-3-4-17)27-22-20-8-7-19(15-21(20)35-28-22)16-1-5-18(6-2-16)24(32)29-11-13-30(14-12-29)25(33)26(34)9-10-26/h1-2,5-8,15,17,24,32,34H,3-4,9-14H2,(H,27,28,31). The van der Waals surface area contributed by atoms with Crippen molar-refractivity contribution in [3.05, 3.63) is 48.0 Å². The van der Waals surface area contributed by atoms with Gasteiger partial charge in [0.1, 0.15) is 11.8 Å². The summed E-state index contributed by atoms with van der Waals surface area (Å²) in [6.45, 7) is 2.09. The van der Waals surface area contributed by atoms with E-state index in [2.05, 4.69) is 10.5 Å². The lowest BCUT2D eigenvalue weighted by Gasteiger charge is -2.38. The molecule has 6 rings (SSSR count). The number of carbonyl (C=O) groups is 2. The Labute approximate surface area is 202 Å². The summed E-state index contributed by atoms with van der Waals surface area (Å²) in [4.78, 5) is 28.0. The second-order valence-corrected chi connectivity index (χ2v) is 9.86. The summed E-state index contributed by atoms with van der Waals surface area (Å²) in [5, 5.41) is 28.6. The van der Waals surface area contributed by atoms with Crippen LogP contribution >= 0.6 is 0 Å². The molecule has 1 saturated heterocycles. The fourth-order valence-corrected chi connectivity index (χ4v) is 4.63. The number of amides is 2. The van der Waals surface area contributed by atoms with Crippen LogP contribution in [0, 0.1) is 5.92 Å². The Bertz CT molecular complexity index is 1270. The minimum atomic E-state index is -1.14. The molecular formula is C26H28N4O5. The van der Waals surface area contributed by atoms with Crippen LogP contribution in [0.15, 0.2) is 47.0 Å². The number of hydrogen-bond donors (Lipinski definition) is 3. The molecule has 1 atom stereocenters. The number of nitrogens with one attached hydrogen (secondary N) is 1. The van der Waals surface area contributed by atoms with Crippen LogP contribution in [-0.4, -0.2) is 68.8 Å². The third-order valence-corrected chi connectivity index (χ3v) is 7.27. The van der Waals surface area contributed by atoms with Crippen LogP contribution in [0.3, 0.4) is 0 Å². The van der Waals surface area contributed by atoms with Gasteiger partial charge in [-0.1, -0.05) is 35.5 Å². The highest BCUT2D eigenvalue weighted by molar-refractivity contribution is 6.01. The second kappa shape index (κ2) is 8.44. The highest BCUT2D eigenvalue weighted by Crippen LogP contribution is 2.37. The van der Waals surface area contributed by atoms with E-state index in [1.54, 1.807) is 4.90 Å². The van der Waals surface area contributed by atoms with Gasteiger partial charge in [-0.05, 0) is 54.5 Å². The van der Waals surface area contributed by atoms with Crippen LogP contribution in [0.5, 0.6) is 0 Å². The number of aromatic nitrogens is 1. The fraction of sp³-hybridized carbons (Fsp3) is 0.423.